The van der Waals surface area contributed by atoms with Crippen LogP contribution in [0.5, 0.6) is 11.5 Å². The third kappa shape index (κ3) is 4.71. The van der Waals surface area contributed by atoms with Gasteiger partial charge in [0.2, 0.25) is 15.3 Å². The molecule has 6 rings (SSSR count). The topological polar surface area (TPSA) is 124 Å². The molecule has 0 saturated heterocycles. The van der Waals surface area contributed by atoms with Crippen LogP contribution >= 0.6 is 0 Å². The lowest BCUT2D eigenvalue weighted by atomic mass is 10.2. The van der Waals surface area contributed by atoms with Crippen molar-refractivity contribution in [2.75, 3.05) is 24.7 Å². The summed E-state index contributed by atoms with van der Waals surface area (Å²) in [5.41, 5.74) is 0.250. The van der Waals surface area contributed by atoms with Gasteiger partial charge in [0, 0.05) is 29.8 Å². The largest absolute Gasteiger partial charge is 0.492 e. The Kier molecular flexibility index (Phi) is 6.26. The van der Waals surface area contributed by atoms with Gasteiger partial charge in [0.25, 0.3) is 5.91 Å². The van der Waals surface area contributed by atoms with Crippen LogP contribution in [0.25, 0.3) is 10.9 Å². The molecule has 0 unspecified atom stereocenters. The minimum atomic E-state index is -4.25. The number of rotatable bonds is 4. The van der Waals surface area contributed by atoms with Crippen LogP contribution in [-0.4, -0.2) is 54.5 Å². The van der Waals surface area contributed by atoms with E-state index in [4.69, 9.17) is 14.5 Å². The number of alkyl halides is 1. The smallest absolute Gasteiger partial charge is 0.251 e. The van der Waals surface area contributed by atoms with Crippen molar-refractivity contribution in [3.05, 3.63) is 71.7 Å². The molecule has 39 heavy (non-hydrogen) atoms. The number of carbonyl (C=O) groups excluding carboxylic acids is 1. The van der Waals surface area contributed by atoms with Gasteiger partial charge in [0.05, 0.1) is 30.9 Å². The van der Waals surface area contributed by atoms with Crippen molar-refractivity contribution in [2.45, 2.75) is 30.3 Å². The molecule has 1 amide bonds. The Morgan fingerprint density at radius 3 is 2.79 bits per heavy atom. The monoisotopic (exact) mass is 549 g/mol. The molecule has 4 aromatic rings. The molecule has 0 aliphatic carbocycles. The van der Waals surface area contributed by atoms with E-state index in [0.29, 0.717) is 41.7 Å². The highest BCUT2D eigenvalue weighted by atomic mass is 32.2. The van der Waals surface area contributed by atoms with Crippen molar-refractivity contribution in [1.29, 1.82) is 0 Å². The number of nitrogens with one attached hydrogen (secondary N) is 1. The van der Waals surface area contributed by atoms with Crippen LogP contribution in [0.1, 0.15) is 28.0 Å². The summed E-state index contributed by atoms with van der Waals surface area (Å²) in [6.07, 6.45) is 3.20. The Morgan fingerprint density at radius 1 is 1.08 bits per heavy atom. The number of halogens is 1. The molecule has 1 atom stereocenters. The number of anilines is 2. The number of aromatic nitrogens is 3. The van der Waals surface area contributed by atoms with Crippen molar-refractivity contribution in [2.24, 2.45) is 0 Å². The predicted octanol–water partition coefficient (Wildman–Crippen LogP) is 3.65. The van der Waals surface area contributed by atoms with Gasteiger partial charge in [-0.2, -0.15) is 0 Å². The van der Waals surface area contributed by atoms with Crippen LogP contribution in [0, 0.1) is 6.92 Å². The first-order chi connectivity index (χ1) is 18.8. The molecular formula is C27H24FN5O5S. The van der Waals surface area contributed by atoms with Gasteiger partial charge >= 0.3 is 0 Å². The highest BCUT2D eigenvalue weighted by molar-refractivity contribution is 7.92. The van der Waals surface area contributed by atoms with E-state index in [1.165, 1.54) is 12.1 Å². The van der Waals surface area contributed by atoms with Gasteiger partial charge in [0.15, 0.2) is 11.6 Å². The Labute approximate surface area is 223 Å². The van der Waals surface area contributed by atoms with Gasteiger partial charge in [-0.25, -0.2) is 22.8 Å². The van der Waals surface area contributed by atoms with E-state index in [-0.39, 0.29) is 35.8 Å². The number of hydrogen-bond acceptors (Lipinski definition) is 9. The first-order valence-corrected chi connectivity index (χ1v) is 13.9. The van der Waals surface area contributed by atoms with Crippen molar-refractivity contribution in [1.82, 2.24) is 20.3 Å². The molecule has 10 nitrogen and oxygen atoms in total. The zero-order chi connectivity index (χ0) is 27.1. The van der Waals surface area contributed by atoms with E-state index in [2.05, 4.69) is 15.3 Å². The first-order valence-electron chi connectivity index (χ1n) is 12.4. The predicted molar refractivity (Wildman–Crippen MR) is 141 cm³/mol. The van der Waals surface area contributed by atoms with E-state index < -0.39 is 21.2 Å². The van der Waals surface area contributed by atoms with E-state index in [0.717, 1.165) is 17.0 Å². The number of fused-ring (bicyclic) bond motifs is 3. The minimum Gasteiger partial charge on any atom is -0.492 e. The Morgan fingerprint density at radius 2 is 1.92 bits per heavy atom. The molecule has 5 heterocycles. The summed E-state index contributed by atoms with van der Waals surface area (Å²) >= 11 is 0. The highest BCUT2D eigenvalue weighted by Gasteiger charge is 2.33. The summed E-state index contributed by atoms with van der Waals surface area (Å²) < 4.78 is 50.3. The molecule has 12 heteroatoms. The van der Waals surface area contributed by atoms with Crippen molar-refractivity contribution in [3.63, 3.8) is 0 Å². The summed E-state index contributed by atoms with van der Waals surface area (Å²) in [6, 6.07) is 11.5. The second-order valence-electron chi connectivity index (χ2n) is 9.31. The number of ether oxygens (including phenoxy) is 2. The number of amides is 1. The van der Waals surface area contributed by atoms with Crippen LogP contribution < -0.4 is 19.7 Å². The zero-order valence-corrected chi connectivity index (χ0v) is 21.7. The number of nitrogens with zero attached hydrogens (tertiary/aromatic N) is 4. The number of aryl methyl sites for hydroxylation is 1. The average molecular weight is 550 g/mol. The molecule has 2 aliphatic rings. The van der Waals surface area contributed by atoms with Gasteiger partial charge in [0.1, 0.15) is 23.1 Å². The van der Waals surface area contributed by atoms with Crippen LogP contribution in [0.4, 0.5) is 16.0 Å². The van der Waals surface area contributed by atoms with Crippen molar-refractivity contribution in [3.8, 4) is 11.5 Å². The van der Waals surface area contributed by atoms with Crippen LogP contribution in [-0.2, 0) is 16.4 Å². The van der Waals surface area contributed by atoms with E-state index >= 15 is 0 Å². The Bertz CT molecular complexity index is 1710. The fourth-order valence-corrected chi connectivity index (χ4v) is 5.91. The first kappa shape index (κ1) is 25.0. The fraction of sp³-hybridized carbons (Fsp3) is 0.259. The van der Waals surface area contributed by atoms with Gasteiger partial charge in [-0.3, -0.25) is 9.78 Å². The van der Waals surface area contributed by atoms with Crippen LogP contribution in [0.2, 0.25) is 0 Å². The summed E-state index contributed by atoms with van der Waals surface area (Å²) in [4.78, 5) is 28.3. The lowest BCUT2D eigenvalue weighted by Gasteiger charge is -2.29. The molecule has 1 aromatic carbocycles. The van der Waals surface area contributed by atoms with Gasteiger partial charge in [-0.15, -0.1) is 0 Å². The van der Waals surface area contributed by atoms with Crippen LogP contribution in [0.15, 0.2) is 59.8 Å². The fourth-order valence-electron chi connectivity index (χ4n) is 4.53. The Hall–Kier alpha value is -4.32. The normalized spacial score (nSPS) is 17.8. The summed E-state index contributed by atoms with van der Waals surface area (Å²) in [5.74, 6) is 1.64. The quantitative estimate of drug-likeness (QED) is 0.406. The number of sulfone groups is 1. The number of carbonyl (C=O) groups is 1. The van der Waals surface area contributed by atoms with E-state index in [1.807, 2.05) is 30.0 Å². The standard InChI is InChI=1S/C27H24FN5O5S/c1-16-10-22-26(30-13-16)33(7-9-38-22)25-5-3-18-14-29-19(12-20(18)32-25)15-31-27(34)17-2-4-21-23(11-17)39(35,36)24(28)6-8-37-21/h2-5,10-14,24H,6-9,15H2,1H3,(H,31,34)/t24-/m1/s1. The van der Waals surface area contributed by atoms with E-state index in [9.17, 15) is 17.6 Å². The average Bonchev–Trinajstić information content (AvgIpc) is 3.05. The highest BCUT2D eigenvalue weighted by Crippen LogP contribution is 2.35. The summed E-state index contributed by atoms with van der Waals surface area (Å²) in [6.45, 7) is 3.08. The number of hydrogen-bond donors (Lipinski definition) is 1. The summed E-state index contributed by atoms with van der Waals surface area (Å²) in [7, 11) is -4.25. The van der Waals surface area contributed by atoms with Crippen LogP contribution in [0.3, 0.4) is 0 Å². The van der Waals surface area contributed by atoms with Crippen molar-refractivity contribution >= 4 is 38.3 Å². The van der Waals surface area contributed by atoms with Crippen molar-refractivity contribution < 1.29 is 27.1 Å². The van der Waals surface area contributed by atoms with Gasteiger partial charge < -0.3 is 19.7 Å². The molecule has 0 bridgehead atoms. The SMILES string of the molecule is Cc1cnc2c(c1)OCCN2c1ccc2cnc(CNC(=O)c3ccc4c(c3)S(=O)(=O)[C@@H](F)CCO4)cc2n1. The van der Waals surface area contributed by atoms with Gasteiger partial charge in [-0.1, -0.05) is 0 Å². The second-order valence-corrected chi connectivity index (χ2v) is 11.4. The molecule has 1 N–H and O–H groups in total. The number of benzene rings is 1. The van der Waals surface area contributed by atoms with Gasteiger partial charge in [-0.05, 0) is 55.0 Å². The zero-order valence-electron chi connectivity index (χ0n) is 20.9. The molecule has 200 valence electrons. The molecule has 0 fully saturated rings. The molecular weight excluding hydrogens is 525 g/mol. The lowest BCUT2D eigenvalue weighted by molar-refractivity contribution is 0.0950. The molecule has 0 radical (unpaired) electrons. The molecule has 2 aliphatic heterocycles. The maximum atomic E-state index is 14.2. The molecule has 0 saturated carbocycles. The Balaban J connectivity index is 1.22. The second kappa shape index (κ2) is 9.77. The maximum absolute atomic E-state index is 14.2. The minimum absolute atomic E-state index is 0.0398. The summed E-state index contributed by atoms with van der Waals surface area (Å²) in [5, 5.41) is 3.57. The third-order valence-corrected chi connectivity index (χ3v) is 8.41. The van der Waals surface area contributed by atoms with E-state index in [1.54, 1.807) is 18.5 Å². The maximum Gasteiger partial charge on any atom is 0.251 e. The molecule has 0 spiro atoms. The lowest BCUT2D eigenvalue weighted by Crippen LogP contribution is -2.30. The third-order valence-electron chi connectivity index (χ3n) is 6.57. The molecule has 3 aromatic heterocycles. The number of pyridine rings is 3.